The summed E-state index contributed by atoms with van der Waals surface area (Å²) in [7, 11) is 0. The Balaban J connectivity index is 0.000000401. The molecule has 0 fully saturated rings. The summed E-state index contributed by atoms with van der Waals surface area (Å²) in [6.45, 7) is 55.7. The molecular formula is C115H154N12O21. The number of unbranched alkanes of at least 4 members (excludes halogenated alkanes) is 1. The molecule has 0 amide bonds. The zero-order valence-electron chi connectivity index (χ0n) is 91.6. The predicted molar refractivity (Wildman–Crippen MR) is 577 cm³/mol. The van der Waals surface area contributed by atoms with Crippen LogP contribution < -0.4 is 31.9 Å². The normalized spacial score (nSPS) is 12.1. The molecule has 2 aromatic heterocycles. The summed E-state index contributed by atoms with van der Waals surface area (Å²) < 4.78 is 55.4. The fraction of sp³-hybridized carbons (Fsp3) is 0.478. The Morgan fingerprint density at radius 3 is 0.743 bits per heavy atom. The largest absolute Gasteiger partial charge is 0.507 e. The van der Waals surface area contributed by atoms with Gasteiger partial charge < -0.3 is 84.4 Å². The molecule has 33 nitrogen and oxygen atoms in total. The number of para-hydroxylation sites is 1. The second-order valence-corrected chi connectivity index (χ2v) is 46.1. The number of hydrogen-bond donors (Lipinski definition) is 7. The monoisotopic (exact) mass is 2040 g/mol. The van der Waals surface area contributed by atoms with Crippen LogP contribution in [0.1, 0.15) is 282 Å². The molecule has 0 bridgehead atoms. The first-order valence-electron chi connectivity index (χ1n) is 50.1. The molecule has 2 heterocycles. The van der Waals surface area contributed by atoms with Crippen LogP contribution >= 0.6 is 0 Å². The molecule has 0 saturated heterocycles. The van der Waals surface area contributed by atoms with Crippen molar-refractivity contribution in [1.29, 1.82) is 0 Å². The number of carbonyl (C=O) groups excluding carboxylic acids is 10. The molecule has 0 saturated carbocycles. The van der Waals surface area contributed by atoms with E-state index < -0.39 is 59.7 Å². The molecule has 0 aliphatic heterocycles. The minimum absolute atomic E-state index is 0.00859. The SMILES string of the molecule is CCCC(CC)COC(=O)c1ccccc1Nc1nc(Nc2ccc(C=C(C(=O)OCC(C)(C)C)C(=O)OCC(C)(C)C)cc2)nc(Nc2ccc(C=C(C(=O)OCC(C)(C)C)C(=O)OCC(C)(C)C)cc2)n1.CCCCC(CC)COC(=O)c1ccc(Nc2nc(Nc3ccc(C=C(C(=O)OCC(C)(C)C)C(=O)OCC(C)(C)C)cc3)nc(Nc3ccc(C=C(C(=O)OCC(C)(C)C)C(=O)OCC(C)(C)C)cc3)n2)cc1O. The third kappa shape index (κ3) is 45.3. The molecule has 8 rings (SSSR count). The Hall–Kier alpha value is -14.4. The number of nitrogens with zero attached hydrogens (tertiary/aromatic N) is 6. The third-order valence-corrected chi connectivity index (χ3v) is 20.6. The van der Waals surface area contributed by atoms with Crippen LogP contribution in [0.25, 0.3) is 24.3 Å². The Morgan fingerprint density at radius 2 is 0.507 bits per heavy atom. The van der Waals surface area contributed by atoms with Gasteiger partial charge in [-0.2, -0.15) is 29.9 Å². The Labute approximate surface area is 872 Å². The first-order chi connectivity index (χ1) is 69.1. The summed E-state index contributed by atoms with van der Waals surface area (Å²) in [6.07, 6.45) is 12.4. The van der Waals surface area contributed by atoms with E-state index in [4.69, 9.17) is 47.4 Å². The summed E-state index contributed by atoms with van der Waals surface area (Å²) in [5.41, 5.74) is 1.64. The maximum absolute atomic E-state index is 13.5. The highest BCUT2D eigenvalue weighted by molar-refractivity contribution is 6.20. The number of carbonyl (C=O) groups is 10. The summed E-state index contributed by atoms with van der Waals surface area (Å²) in [4.78, 5) is 160. The molecule has 148 heavy (non-hydrogen) atoms. The van der Waals surface area contributed by atoms with Gasteiger partial charge in [0, 0.05) is 34.5 Å². The first kappa shape index (κ1) is 121. The molecule has 0 spiro atoms. The van der Waals surface area contributed by atoms with Crippen LogP contribution in [0.15, 0.2) is 162 Å². The van der Waals surface area contributed by atoms with Crippen molar-refractivity contribution in [2.75, 3.05) is 98.0 Å². The van der Waals surface area contributed by atoms with Crippen molar-refractivity contribution in [1.82, 2.24) is 29.9 Å². The Bertz CT molecular complexity index is 5550. The molecule has 0 radical (unpaired) electrons. The van der Waals surface area contributed by atoms with Crippen LogP contribution in [0.4, 0.5) is 69.8 Å². The van der Waals surface area contributed by atoms with E-state index in [1.165, 1.54) is 36.4 Å². The van der Waals surface area contributed by atoms with Gasteiger partial charge in [-0.15, -0.1) is 0 Å². The zero-order chi connectivity index (χ0) is 110. The van der Waals surface area contributed by atoms with Gasteiger partial charge in [0.25, 0.3) is 0 Å². The van der Waals surface area contributed by atoms with Crippen molar-refractivity contribution in [3.05, 3.63) is 195 Å². The van der Waals surface area contributed by atoms with Crippen molar-refractivity contribution in [2.24, 2.45) is 55.2 Å². The van der Waals surface area contributed by atoms with Gasteiger partial charge in [-0.1, -0.05) is 287 Å². The number of hydrogen-bond acceptors (Lipinski definition) is 33. The van der Waals surface area contributed by atoms with Crippen LogP contribution in [0.5, 0.6) is 5.75 Å². The molecular weight excluding hydrogens is 1890 g/mol. The number of ether oxygens (including phenoxy) is 10. The van der Waals surface area contributed by atoms with Gasteiger partial charge in [-0.05, 0) is 187 Å². The number of phenols is 1. The smallest absolute Gasteiger partial charge is 0.345 e. The topological polar surface area (TPSA) is 433 Å². The van der Waals surface area contributed by atoms with Gasteiger partial charge in [0.05, 0.1) is 77.3 Å². The van der Waals surface area contributed by atoms with E-state index in [1.807, 2.05) is 166 Å². The molecule has 6 aromatic carbocycles. The average Bonchev–Trinajstić information content (AvgIpc) is 0.821. The second-order valence-electron chi connectivity index (χ2n) is 46.1. The second kappa shape index (κ2) is 54.9. The van der Waals surface area contributed by atoms with Gasteiger partial charge in [0.15, 0.2) is 0 Å². The van der Waals surface area contributed by atoms with E-state index in [0.717, 1.165) is 44.9 Å². The molecule has 800 valence electrons. The quantitative estimate of drug-likeness (QED) is 0.00613. The van der Waals surface area contributed by atoms with Gasteiger partial charge in [0.2, 0.25) is 35.7 Å². The summed E-state index contributed by atoms with van der Waals surface area (Å²) >= 11 is 0. The fourth-order valence-corrected chi connectivity index (χ4v) is 12.7. The van der Waals surface area contributed by atoms with E-state index in [9.17, 15) is 53.1 Å². The Morgan fingerprint density at radius 1 is 0.277 bits per heavy atom. The van der Waals surface area contributed by atoms with E-state index in [-0.39, 0.29) is 184 Å². The number of aromatic nitrogens is 6. The average molecular weight is 2040 g/mol. The minimum Gasteiger partial charge on any atom is -0.507 e. The number of aromatic hydroxyl groups is 1. The summed E-state index contributed by atoms with van der Waals surface area (Å²) in [5, 5.41) is 30.0. The number of nitrogens with one attached hydrogen (secondary N) is 6. The van der Waals surface area contributed by atoms with Gasteiger partial charge >= 0.3 is 59.7 Å². The molecule has 0 aliphatic carbocycles. The van der Waals surface area contributed by atoms with Crippen LogP contribution in [-0.2, 0) is 85.7 Å². The molecule has 7 N–H and O–H groups in total. The van der Waals surface area contributed by atoms with Crippen LogP contribution in [0.2, 0.25) is 0 Å². The van der Waals surface area contributed by atoms with Crippen LogP contribution in [0.3, 0.4) is 0 Å². The number of anilines is 12. The van der Waals surface area contributed by atoms with E-state index in [2.05, 4.69) is 89.5 Å². The van der Waals surface area contributed by atoms with Gasteiger partial charge in [0.1, 0.15) is 33.6 Å². The van der Waals surface area contributed by atoms with Gasteiger partial charge in [-0.3, -0.25) is 0 Å². The maximum Gasteiger partial charge on any atom is 0.345 e. The predicted octanol–water partition coefficient (Wildman–Crippen LogP) is 24.5. The molecule has 0 aliphatic rings. The lowest BCUT2D eigenvalue weighted by atomic mass is 9.98. The number of rotatable bonds is 45. The lowest BCUT2D eigenvalue weighted by Crippen LogP contribution is -2.25. The maximum atomic E-state index is 13.5. The third-order valence-electron chi connectivity index (χ3n) is 20.6. The summed E-state index contributed by atoms with van der Waals surface area (Å²) in [6, 6.07) is 38.6. The standard InChI is InChI=1S/C58H78N6O11.C57H76N6O10/c1-15-17-18-37(16-2)32-71-47(66)43-28-27-42(31-46(43)65)61-54-63-52(59-40-23-19-38(20-24-40)29-44(48(67)72-33-55(3,4)5)49(68)73-34-56(6,7)8)62-53(64-54)60-41-25-21-39(22-26-41)30-45(50(69)74-35-57(9,10)11)51(70)75-36-58(12,13)14;1-15-19-37(16-2)32-69-46(64)42-20-17-18-21-45(42)60-53-62-51(58-40-26-22-38(23-27-40)30-43(47(65)70-33-54(3,4)5)48(66)71-34-55(6,7)8)61-52(63-53)59-41-28-24-39(25-29-41)31-44(49(67)72-35-56(9,10)11)50(68)73-36-57(12,13)14/h19-31,37,65H,15-18,32-36H2,1-14H3,(H3,59,60,61,62,63,64);17-18,20-31,37H,15-16,19,32-36H2,1-14H3,(H3,58,59,60,61,62,63). The van der Waals surface area contributed by atoms with Crippen molar-refractivity contribution >= 4 is 154 Å². The highest BCUT2D eigenvalue weighted by atomic mass is 16.6. The number of esters is 10. The van der Waals surface area contributed by atoms with Crippen molar-refractivity contribution < 1.29 is 100 Å². The van der Waals surface area contributed by atoms with E-state index in [1.54, 1.807) is 127 Å². The van der Waals surface area contributed by atoms with Crippen LogP contribution in [-0.4, -0.2) is 161 Å². The van der Waals surface area contributed by atoms with E-state index >= 15 is 0 Å². The van der Waals surface area contributed by atoms with Crippen LogP contribution in [0, 0.1) is 55.2 Å². The fourth-order valence-electron chi connectivity index (χ4n) is 12.7. The summed E-state index contributed by atoms with van der Waals surface area (Å²) in [5.74, 6) is -6.81. The first-order valence-corrected chi connectivity index (χ1v) is 50.1. The lowest BCUT2D eigenvalue weighted by Gasteiger charge is -2.20. The Kier molecular flexibility index (Phi) is 44.7. The minimum atomic E-state index is -0.800. The van der Waals surface area contributed by atoms with Crippen molar-refractivity contribution in [3.8, 4) is 5.75 Å². The number of phenolic OH excluding ortho intramolecular Hbond substituents is 1. The molecule has 33 heteroatoms. The molecule has 2 unspecified atom stereocenters. The van der Waals surface area contributed by atoms with Crippen molar-refractivity contribution in [2.45, 2.75) is 239 Å². The highest BCUT2D eigenvalue weighted by Gasteiger charge is 2.33. The van der Waals surface area contributed by atoms with E-state index in [0.29, 0.717) is 68.5 Å². The number of benzene rings is 6. The lowest BCUT2D eigenvalue weighted by molar-refractivity contribution is -0.151. The molecule has 8 aromatic rings. The molecule has 2 atom stereocenters. The van der Waals surface area contributed by atoms with Crippen molar-refractivity contribution in [3.63, 3.8) is 0 Å². The van der Waals surface area contributed by atoms with Gasteiger partial charge in [-0.25, -0.2) is 47.9 Å². The highest BCUT2D eigenvalue weighted by Crippen LogP contribution is 2.34. The zero-order valence-corrected chi connectivity index (χ0v) is 91.6.